The van der Waals surface area contributed by atoms with Crippen LogP contribution in [-0.2, 0) is 14.8 Å². The van der Waals surface area contributed by atoms with Gasteiger partial charge in [-0.1, -0.05) is 96.0 Å². The number of carbonyl (C=O) groups is 1. The molecule has 0 saturated carbocycles. The summed E-state index contributed by atoms with van der Waals surface area (Å²) in [6.45, 7) is 3.42. The normalized spacial score (nSPS) is 12.1. The van der Waals surface area contributed by atoms with Crippen LogP contribution in [0.15, 0.2) is 108 Å². The number of sulfonamides is 1. The van der Waals surface area contributed by atoms with Gasteiger partial charge in [0.2, 0.25) is 5.91 Å². The van der Waals surface area contributed by atoms with Crippen molar-refractivity contribution in [3.63, 3.8) is 0 Å². The fourth-order valence-corrected chi connectivity index (χ4v) is 5.48. The summed E-state index contributed by atoms with van der Waals surface area (Å²) in [5.41, 5.74) is 4.02. The fourth-order valence-electron chi connectivity index (χ4n) is 3.87. The van der Waals surface area contributed by atoms with Gasteiger partial charge in [-0.25, -0.2) is 8.42 Å². The number of hydrogen-bond donors (Lipinski definition) is 1. The molecule has 36 heavy (non-hydrogen) atoms. The summed E-state index contributed by atoms with van der Waals surface area (Å²) in [6.07, 6.45) is 0. The van der Waals surface area contributed by atoms with Gasteiger partial charge in [0.25, 0.3) is 10.0 Å². The highest BCUT2D eigenvalue weighted by atomic mass is 35.5. The summed E-state index contributed by atoms with van der Waals surface area (Å²) in [5, 5.41) is 3.46. The zero-order chi connectivity index (χ0) is 25.7. The summed E-state index contributed by atoms with van der Waals surface area (Å²) in [4.78, 5) is 13.5. The first kappa shape index (κ1) is 25.5. The lowest BCUT2D eigenvalue weighted by molar-refractivity contribution is -0.120. The molecule has 184 valence electrons. The number of rotatable bonds is 8. The van der Waals surface area contributed by atoms with Crippen molar-refractivity contribution in [2.24, 2.45) is 0 Å². The van der Waals surface area contributed by atoms with Gasteiger partial charge in [0, 0.05) is 5.02 Å². The van der Waals surface area contributed by atoms with E-state index in [9.17, 15) is 13.2 Å². The predicted molar refractivity (Wildman–Crippen MR) is 145 cm³/mol. The van der Waals surface area contributed by atoms with Gasteiger partial charge in [0.05, 0.1) is 16.6 Å². The van der Waals surface area contributed by atoms with Crippen LogP contribution in [0, 0.1) is 13.8 Å². The zero-order valence-corrected chi connectivity index (χ0v) is 21.6. The van der Waals surface area contributed by atoms with Crippen molar-refractivity contribution < 1.29 is 13.2 Å². The molecule has 0 heterocycles. The van der Waals surface area contributed by atoms with Crippen molar-refractivity contribution in [3.05, 3.63) is 130 Å². The van der Waals surface area contributed by atoms with Crippen LogP contribution in [-0.4, -0.2) is 20.9 Å². The van der Waals surface area contributed by atoms with E-state index >= 15 is 0 Å². The highest BCUT2D eigenvalue weighted by Crippen LogP contribution is 2.28. The van der Waals surface area contributed by atoms with Gasteiger partial charge in [-0.15, -0.1) is 0 Å². The molecule has 0 spiro atoms. The summed E-state index contributed by atoms with van der Waals surface area (Å²) in [7, 11) is -4.04. The maximum absolute atomic E-state index is 13.6. The van der Waals surface area contributed by atoms with Gasteiger partial charge in [-0.05, 0) is 54.8 Å². The highest BCUT2D eigenvalue weighted by Gasteiger charge is 2.28. The molecule has 0 aromatic heterocycles. The maximum Gasteiger partial charge on any atom is 0.264 e. The second kappa shape index (κ2) is 11.0. The van der Waals surface area contributed by atoms with Crippen LogP contribution in [0.2, 0.25) is 5.02 Å². The molecule has 0 radical (unpaired) electrons. The van der Waals surface area contributed by atoms with Gasteiger partial charge in [-0.2, -0.15) is 0 Å². The molecular weight excluding hydrogens is 492 g/mol. The Morgan fingerprint density at radius 2 is 1.42 bits per heavy atom. The number of anilines is 1. The monoisotopic (exact) mass is 518 g/mol. The second-order valence-electron chi connectivity index (χ2n) is 8.58. The molecule has 4 aromatic carbocycles. The fraction of sp³-hybridized carbons (Fsp3) is 0.138. The predicted octanol–water partition coefficient (Wildman–Crippen LogP) is 6.06. The molecule has 1 atom stereocenters. The second-order valence-corrected chi connectivity index (χ2v) is 10.8. The van der Waals surface area contributed by atoms with Gasteiger partial charge in [0.1, 0.15) is 6.54 Å². The number of amides is 1. The van der Waals surface area contributed by atoms with E-state index in [0.29, 0.717) is 10.7 Å². The lowest BCUT2D eigenvalue weighted by atomic mass is 9.98. The maximum atomic E-state index is 13.6. The number of halogens is 1. The van der Waals surface area contributed by atoms with Crippen molar-refractivity contribution in [3.8, 4) is 0 Å². The summed E-state index contributed by atoms with van der Waals surface area (Å²) in [6, 6.07) is 30.1. The smallest absolute Gasteiger partial charge is 0.264 e. The molecule has 0 aliphatic rings. The third kappa shape index (κ3) is 5.78. The number of benzene rings is 4. The quantitative estimate of drug-likeness (QED) is 0.308. The van der Waals surface area contributed by atoms with Crippen LogP contribution in [0.3, 0.4) is 0 Å². The first-order chi connectivity index (χ1) is 17.3. The van der Waals surface area contributed by atoms with Crippen LogP contribution in [0.5, 0.6) is 0 Å². The van der Waals surface area contributed by atoms with Crippen molar-refractivity contribution >= 4 is 33.2 Å². The van der Waals surface area contributed by atoms with Crippen LogP contribution >= 0.6 is 11.6 Å². The molecule has 0 aliphatic heterocycles. The Kier molecular flexibility index (Phi) is 7.77. The van der Waals surface area contributed by atoms with Crippen LogP contribution in [0.4, 0.5) is 5.69 Å². The number of nitrogens with zero attached hydrogens (tertiary/aromatic N) is 1. The SMILES string of the molecule is Cc1ccc([C@H](NC(=O)CN(c2ccc(C)c(Cl)c2)S(=O)(=O)c2ccccc2)c2ccccc2)cc1. The van der Waals surface area contributed by atoms with E-state index in [0.717, 1.165) is 26.6 Å². The summed E-state index contributed by atoms with van der Waals surface area (Å²) < 4.78 is 28.4. The third-order valence-corrected chi connectivity index (χ3v) is 8.11. The Labute approximate surface area is 217 Å². The Morgan fingerprint density at radius 1 is 0.833 bits per heavy atom. The lowest BCUT2D eigenvalue weighted by Gasteiger charge is -2.26. The first-order valence-electron chi connectivity index (χ1n) is 11.5. The Morgan fingerprint density at radius 3 is 2.03 bits per heavy atom. The largest absolute Gasteiger partial charge is 0.344 e. The average Bonchev–Trinajstić information content (AvgIpc) is 2.89. The van der Waals surface area contributed by atoms with Gasteiger partial charge in [0.15, 0.2) is 0 Å². The van der Waals surface area contributed by atoms with E-state index in [-0.39, 0.29) is 4.90 Å². The average molecular weight is 519 g/mol. The molecule has 5 nitrogen and oxygen atoms in total. The van der Waals surface area contributed by atoms with Crippen LogP contribution in [0.25, 0.3) is 0 Å². The van der Waals surface area contributed by atoms with E-state index < -0.39 is 28.5 Å². The molecule has 0 unspecified atom stereocenters. The van der Waals surface area contributed by atoms with Gasteiger partial charge >= 0.3 is 0 Å². The van der Waals surface area contributed by atoms with Gasteiger partial charge in [-0.3, -0.25) is 9.10 Å². The topological polar surface area (TPSA) is 66.5 Å². The molecule has 4 aromatic rings. The molecule has 0 fully saturated rings. The minimum absolute atomic E-state index is 0.0904. The molecule has 7 heteroatoms. The van der Waals surface area contributed by atoms with E-state index in [4.69, 9.17) is 11.6 Å². The molecule has 0 saturated heterocycles. The standard InChI is InChI=1S/C29H27ClN2O3S/c1-21-13-16-24(17-14-21)29(23-9-5-3-6-10-23)31-28(33)20-32(25-18-15-22(2)27(30)19-25)36(34,35)26-11-7-4-8-12-26/h3-19,29H,20H2,1-2H3,(H,31,33)/t29-/m1/s1. The Hall–Kier alpha value is -3.61. The van der Waals surface area contributed by atoms with E-state index in [1.54, 1.807) is 36.4 Å². The highest BCUT2D eigenvalue weighted by molar-refractivity contribution is 7.92. The van der Waals surface area contributed by atoms with E-state index in [1.165, 1.54) is 12.1 Å². The zero-order valence-electron chi connectivity index (χ0n) is 20.1. The molecular formula is C29H27ClN2O3S. The minimum atomic E-state index is -4.04. The van der Waals surface area contributed by atoms with Crippen LogP contribution in [0.1, 0.15) is 28.3 Å². The number of nitrogens with one attached hydrogen (secondary N) is 1. The molecule has 4 rings (SSSR count). The van der Waals surface area contributed by atoms with Crippen molar-refractivity contribution in [1.29, 1.82) is 0 Å². The van der Waals surface area contributed by atoms with Crippen LogP contribution < -0.4 is 9.62 Å². The molecule has 0 aliphatic carbocycles. The molecule has 0 bridgehead atoms. The molecule has 1 N–H and O–H groups in total. The molecule has 1 amide bonds. The summed E-state index contributed by atoms with van der Waals surface area (Å²) >= 11 is 6.33. The number of carbonyl (C=O) groups excluding carboxylic acids is 1. The van der Waals surface area contributed by atoms with E-state index in [1.807, 2.05) is 68.4 Å². The third-order valence-electron chi connectivity index (χ3n) is 5.91. The van der Waals surface area contributed by atoms with E-state index in [2.05, 4.69) is 5.32 Å². The van der Waals surface area contributed by atoms with Crippen molar-refractivity contribution in [2.75, 3.05) is 10.8 Å². The van der Waals surface area contributed by atoms with Crippen molar-refractivity contribution in [2.45, 2.75) is 24.8 Å². The Bertz CT molecular complexity index is 1440. The summed E-state index contributed by atoms with van der Waals surface area (Å²) in [5.74, 6) is -0.444. The number of hydrogen-bond acceptors (Lipinski definition) is 3. The number of aryl methyl sites for hydroxylation is 2. The minimum Gasteiger partial charge on any atom is -0.344 e. The van der Waals surface area contributed by atoms with Gasteiger partial charge < -0.3 is 5.32 Å². The van der Waals surface area contributed by atoms with Crippen molar-refractivity contribution in [1.82, 2.24) is 5.32 Å². The lowest BCUT2D eigenvalue weighted by Crippen LogP contribution is -2.42. The Balaban J connectivity index is 1.69. The first-order valence-corrected chi connectivity index (χ1v) is 13.3.